The summed E-state index contributed by atoms with van der Waals surface area (Å²) in [6, 6.07) is 5.44. The van der Waals surface area contributed by atoms with E-state index in [0.717, 1.165) is 15.7 Å². The normalized spacial score (nSPS) is 10.6. The van der Waals surface area contributed by atoms with Crippen LogP contribution in [-0.2, 0) is 0 Å². The molecular formula is C12H10BrClN2O. The van der Waals surface area contributed by atoms with Crippen LogP contribution in [0.15, 0.2) is 27.5 Å². The molecule has 0 aliphatic rings. The molecule has 0 amide bonds. The molecule has 0 radical (unpaired) electrons. The number of rotatable bonds is 1. The molecule has 5 heteroatoms. The number of nitrogens with one attached hydrogen (secondary N) is 1. The summed E-state index contributed by atoms with van der Waals surface area (Å²) in [7, 11) is 0. The molecule has 0 bridgehead atoms. The van der Waals surface area contributed by atoms with Crippen LogP contribution < -0.4 is 5.56 Å². The molecule has 1 aromatic carbocycles. The van der Waals surface area contributed by atoms with Gasteiger partial charge in [-0.2, -0.15) is 0 Å². The Labute approximate surface area is 112 Å². The number of aromatic amines is 1. The Morgan fingerprint density at radius 1 is 1.35 bits per heavy atom. The highest BCUT2D eigenvalue weighted by Crippen LogP contribution is 2.26. The van der Waals surface area contributed by atoms with Crippen molar-refractivity contribution >= 4 is 27.5 Å². The molecule has 1 heterocycles. The molecule has 0 saturated heterocycles. The molecule has 17 heavy (non-hydrogen) atoms. The van der Waals surface area contributed by atoms with Crippen LogP contribution in [0.1, 0.15) is 11.3 Å². The maximum atomic E-state index is 11.6. The number of benzene rings is 1. The molecule has 0 fully saturated rings. The number of hydrogen-bond acceptors (Lipinski definition) is 2. The number of aryl methyl sites for hydroxylation is 1. The van der Waals surface area contributed by atoms with Crippen LogP contribution in [0.2, 0.25) is 5.02 Å². The van der Waals surface area contributed by atoms with Gasteiger partial charge in [0.25, 0.3) is 5.56 Å². The molecule has 88 valence electrons. The van der Waals surface area contributed by atoms with Gasteiger partial charge in [0, 0.05) is 21.3 Å². The molecule has 1 N–H and O–H groups in total. The fourth-order valence-corrected chi connectivity index (χ4v) is 1.85. The summed E-state index contributed by atoms with van der Waals surface area (Å²) in [5.74, 6) is 0.535. The van der Waals surface area contributed by atoms with Gasteiger partial charge in [-0.25, -0.2) is 4.98 Å². The van der Waals surface area contributed by atoms with Crippen molar-refractivity contribution in [1.82, 2.24) is 9.97 Å². The molecule has 0 aliphatic heterocycles. The fraction of sp³-hybridized carbons (Fsp3) is 0.167. The lowest BCUT2D eigenvalue weighted by Crippen LogP contribution is -2.14. The number of halogens is 2. The lowest BCUT2D eigenvalue weighted by Gasteiger charge is -2.05. The van der Waals surface area contributed by atoms with E-state index >= 15 is 0 Å². The van der Waals surface area contributed by atoms with Crippen molar-refractivity contribution in [3.63, 3.8) is 0 Å². The Morgan fingerprint density at radius 3 is 2.65 bits per heavy atom. The monoisotopic (exact) mass is 312 g/mol. The number of nitrogens with zero attached hydrogens (tertiary/aromatic N) is 1. The highest BCUT2D eigenvalue weighted by Gasteiger charge is 2.07. The summed E-state index contributed by atoms with van der Waals surface area (Å²) in [4.78, 5) is 18.7. The predicted molar refractivity (Wildman–Crippen MR) is 72.5 cm³/mol. The van der Waals surface area contributed by atoms with Crippen LogP contribution in [0.4, 0.5) is 0 Å². The van der Waals surface area contributed by atoms with Crippen molar-refractivity contribution in [2.24, 2.45) is 0 Å². The second-order valence-corrected chi connectivity index (χ2v) is 5.02. The smallest absolute Gasteiger partial charge is 0.254 e. The van der Waals surface area contributed by atoms with Crippen molar-refractivity contribution in [3.8, 4) is 11.4 Å². The highest BCUT2D eigenvalue weighted by molar-refractivity contribution is 9.10. The van der Waals surface area contributed by atoms with E-state index in [4.69, 9.17) is 11.6 Å². The van der Waals surface area contributed by atoms with Gasteiger partial charge < -0.3 is 4.98 Å². The summed E-state index contributed by atoms with van der Waals surface area (Å²) in [5, 5.41) is 0.586. The van der Waals surface area contributed by atoms with Gasteiger partial charge in [0.05, 0.1) is 5.02 Å². The van der Waals surface area contributed by atoms with E-state index < -0.39 is 0 Å². The lowest BCUT2D eigenvalue weighted by atomic mass is 10.2. The van der Waals surface area contributed by atoms with Gasteiger partial charge in [0.2, 0.25) is 0 Å². The van der Waals surface area contributed by atoms with Crippen molar-refractivity contribution in [2.75, 3.05) is 0 Å². The Hall–Kier alpha value is -1.13. The van der Waals surface area contributed by atoms with Crippen LogP contribution in [-0.4, -0.2) is 9.97 Å². The maximum absolute atomic E-state index is 11.6. The third-order valence-corrected chi connectivity index (χ3v) is 3.82. The average molecular weight is 314 g/mol. The van der Waals surface area contributed by atoms with Crippen LogP contribution in [0, 0.1) is 13.8 Å². The van der Waals surface area contributed by atoms with E-state index in [1.165, 1.54) is 0 Å². The Balaban J connectivity index is 2.61. The molecular weight excluding hydrogens is 304 g/mol. The van der Waals surface area contributed by atoms with E-state index in [1.54, 1.807) is 13.0 Å². The van der Waals surface area contributed by atoms with Crippen LogP contribution in [0.3, 0.4) is 0 Å². The van der Waals surface area contributed by atoms with Gasteiger partial charge in [-0.05, 0) is 41.9 Å². The largest absolute Gasteiger partial charge is 0.306 e. The number of hydrogen-bond donors (Lipinski definition) is 1. The average Bonchev–Trinajstić information content (AvgIpc) is 2.29. The van der Waals surface area contributed by atoms with Crippen LogP contribution in [0.5, 0.6) is 0 Å². The lowest BCUT2D eigenvalue weighted by molar-refractivity contribution is 1.03. The molecule has 2 rings (SSSR count). The second-order valence-electron chi connectivity index (χ2n) is 3.75. The topological polar surface area (TPSA) is 45.8 Å². The van der Waals surface area contributed by atoms with Crippen molar-refractivity contribution in [2.45, 2.75) is 13.8 Å². The SMILES string of the molecule is Cc1nc(-c2ccc(Br)c(Cl)c2)[nH]c(=O)c1C. The molecule has 2 aromatic rings. The van der Waals surface area contributed by atoms with Crippen molar-refractivity contribution < 1.29 is 0 Å². The zero-order chi connectivity index (χ0) is 12.6. The molecule has 3 nitrogen and oxygen atoms in total. The maximum Gasteiger partial charge on any atom is 0.254 e. The fourth-order valence-electron chi connectivity index (χ4n) is 1.43. The molecule has 0 unspecified atom stereocenters. The minimum absolute atomic E-state index is 0.119. The Morgan fingerprint density at radius 2 is 2.06 bits per heavy atom. The minimum Gasteiger partial charge on any atom is -0.306 e. The molecule has 0 saturated carbocycles. The molecule has 0 atom stereocenters. The molecule has 1 aromatic heterocycles. The first-order valence-corrected chi connectivity index (χ1v) is 6.19. The van der Waals surface area contributed by atoms with Crippen molar-refractivity contribution in [1.29, 1.82) is 0 Å². The van der Waals surface area contributed by atoms with E-state index in [0.29, 0.717) is 16.4 Å². The van der Waals surface area contributed by atoms with Gasteiger partial charge in [0.15, 0.2) is 0 Å². The first-order valence-electron chi connectivity index (χ1n) is 5.02. The Kier molecular flexibility index (Phi) is 3.35. The first-order chi connectivity index (χ1) is 7.99. The van der Waals surface area contributed by atoms with E-state index in [2.05, 4.69) is 25.9 Å². The van der Waals surface area contributed by atoms with Gasteiger partial charge in [-0.3, -0.25) is 4.79 Å². The number of aromatic nitrogens is 2. The van der Waals surface area contributed by atoms with E-state index in [1.807, 2.05) is 19.1 Å². The second kappa shape index (κ2) is 4.63. The van der Waals surface area contributed by atoms with Gasteiger partial charge in [0.1, 0.15) is 5.82 Å². The first kappa shape index (κ1) is 12.3. The highest BCUT2D eigenvalue weighted by atomic mass is 79.9. The molecule has 0 spiro atoms. The minimum atomic E-state index is -0.119. The van der Waals surface area contributed by atoms with E-state index in [9.17, 15) is 4.79 Å². The van der Waals surface area contributed by atoms with Gasteiger partial charge in [-0.15, -0.1) is 0 Å². The summed E-state index contributed by atoms with van der Waals surface area (Å²) >= 11 is 9.33. The Bertz CT molecular complexity index is 637. The van der Waals surface area contributed by atoms with Crippen LogP contribution >= 0.6 is 27.5 Å². The van der Waals surface area contributed by atoms with Gasteiger partial charge in [-0.1, -0.05) is 17.7 Å². The predicted octanol–water partition coefficient (Wildman–Crippen LogP) is 3.47. The third-order valence-electron chi connectivity index (χ3n) is 2.59. The van der Waals surface area contributed by atoms with Gasteiger partial charge >= 0.3 is 0 Å². The summed E-state index contributed by atoms with van der Waals surface area (Å²) in [6.45, 7) is 3.56. The van der Waals surface area contributed by atoms with E-state index in [-0.39, 0.29) is 5.56 Å². The summed E-state index contributed by atoms with van der Waals surface area (Å²) in [5.41, 5.74) is 2.03. The zero-order valence-electron chi connectivity index (χ0n) is 9.34. The summed E-state index contributed by atoms with van der Waals surface area (Å²) in [6.07, 6.45) is 0. The third kappa shape index (κ3) is 2.42. The van der Waals surface area contributed by atoms with Crippen molar-refractivity contribution in [3.05, 3.63) is 49.3 Å². The standard InChI is InChI=1S/C12H10BrClN2O/c1-6-7(2)15-11(16-12(6)17)8-3-4-9(13)10(14)5-8/h3-5H,1-2H3,(H,15,16,17). The van der Waals surface area contributed by atoms with Crippen LogP contribution in [0.25, 0.3) is 11.4 Å². The summed E-state index contributed by atoms with van der Waals surface area (Å²) < 4.78 is 0.814. The quantitative estimate of drug-likeness (QED) is 0.876. The number of H-pyrrole nitrogens is 1. The molecule has 0 aliphatic carbocycles. The zero-order valence-corrected chi connectivity index (χ0v) is 11.7.